The second kappa shape index (κ2) is 8.29. The van der Waals surface area contributed by atoms with Crippen molar-refractivity contribution in [3.63, 3.8) is 0 Å². The molecule has 0 N–H and O–H groups in total. The Kier molecular flexibility index (Phi) is 5.85. The summed E-state index contributed by atoms with van der Waals surface area (Å²) in [6, 6.07) is 2.95. The Balaban J connectivity index is 1.71. The molecule has 0 fully saturated rings. The third kappa shape index (κ3) is 4.39. The quantitative estimate of drug-likeness (QED) is 0.692. The molecule has 0 radical (unpaired) electrons. The van der Waals surface area contributed by atoms with Gasteiger partial charge < -0.3 is 9.47 Å². The fourth-order valence-electron chi connectivity index (χ4n) is 2.36. The monoisotopic (exact) mass is 396 g/mol. The number of aromatic nitrogens is 4. The van der Waals surface area contributed by atoms with Crippen LogP contribution in [-0.2, 0) is 16.1 Å². The smallest absolute Gasteiger partial charge is 0.344 e. The number of carbonyl (C=O) groups excluding carboxylic acids is 2. The molecule has 0 bridgehead atoms. The minimum Gasteiger partial charge on any atom is -0.488 e. The second-order valence-electron chi connectivity index (χ2n) is 5.48. The average Bonchev–Trinajstić information content (AvgIpc) is 3.11. The van der Waals surface area contributed by atoms with E-state index in [1.807, 2.05) is 0 Å². The van der Waals surface area contributed by atoms with E-state index in [1.54, 1.807) is 0 Å². The molecule has 0 saturated carbocycles. The van der Waals surface area contributed by atoms with Gasteiger partial charge in [-0.3, -0.25) is 4.79 Å². The first-order chi connectivity index (χ1) is 12.5. The number of hydrogen-bond acceptors (Lipinski definition) is 7. The molecule has 0 aliphatic heterocycles. The number of esters is 1. The van der Waals surface area contributed by atoms with Gasteiger partial charge in [0.25, 0.3) is 0 Å². The van der Waals surface area contributed by atoms with Crippen LogP contribution in [0.1, 0.15) is 29.6 Å². The van der Waals surface area contributed by atoms with Crippen molar-refractivity contribution in [2.45, 2.75) is 25.8 Å². The molecular formula is C16H14Cl2N4O4. The number of rotatable bonds is 6. The minimum atomic E-state index is -0.669. The highest BCUT2D eigenvalue weighted by molar-refractivity contribution is 6.39. The van der Waals surface area contributed by atoms with Crippen LogP contribution in [0.15, 0.2) is 30.3 Å². The van der Waals surface area contributed by atoms with Gasteiger partial charge in [0.1, 0.15) is 18.7 Å². The summed E-state index contributed by atoms with van der Waals surface area (Å²) in [6.45, 7) is 0.575. The van der Waals surface area contributed by atoms with Gasteiger partial charge in [-0.1, -0.05) is 23.2 Å². The van der Waals surface area contributed by atoms with E-state index in [2.05, 4.69) is 15.5 Å². The third-order valence-corrected chi connectivity index (χ3v) is 4.29. The normalized spacial score (nSPS) is 14.1. The molecule has 1 aromatic heterocycles. The number of carbonyl (C=O) groups is 2. The number of tetrazole rings is 1. The molecule has 1 aromatic carbocycles. The molecular weight excluding hydrogens is 383 g/mol. The van der Waals surface area contributed by atoms with Crippen LogP contribution < -0.4 is 4.74 Å². The Bertz CT molecular complexity index is 852. The molecule has 8 nitrogen and oxygen atoms in total. The van der Waals surface area contributed by atoms with E-state index in [4.69, 9.17) is 32.7 Å². The maximum absolute atomic E-state index is 12.4. The summed E-state index contributed by atoms with van der Waals surface area (Å²) in [5.41, 5.74) is 0.104. The molecule has 2 aromatic rings. The van der Waals surface area contributed by atoms with Gasteiger partial charge in [-0.15, -0.1) is 5.10 Å². The van der Waals surface area contributed by atoms with Crippen LogP contribution in [0.25, 0.3) is 0 Å². The Hall–Kier alpha value is -2.45. The average molecular weight is 397 g/mol. The molecule has 26 heavy (non-hydrogen) atoms. The maximum Gasteiger partial charge on any atom is 0.344 e. The van der Waals surface area contributed by atoms with Crippen LogP contribution in [0.4, 0.5) is 0 Å². The summed E-state index contributed by atoms with van der Waals surface area (Å²) in [7, 11) is 0. The summed E-state index contributed by atoms with van der Waals surface area (Å²) < 4.78 is 12.3. The van der Waals surface area contributed by atoms with Crippen LogP contribution in [-0.4, -0.2) is 38.6 Å². The molecule has 1 aliphatic carbocycles. The van der Waals surface area contributed by atoms with E-state index >= 15 is 0 Å². The van der Waals surface area contributed by atoms with Crippen molar-refractivity contribution in [3.05, 3.63) is 45.9 Å². The zero-order valence-corrected chi connectivity index (χ0v) is 15.0. The van der Waals surface area contributed by atoms with Crippen molar-refractivity contribution in [1.82, 2.24) is 20.2 Å². The lowest BCUT2D eigenvalue weighted by atomic mass is 10.1. The summed E-state index contributed by atoms with van der Waals surface area (Å²) in [5, 5.41) is 11.0. The largest absolute Gasteiger partial charge is 0.488 e. The van der Waals surface area contributed by atoms with Crippen molar-refractivity contribution < 1.29 is 19.1 Å². The molecule has 1 heterocycles. The lowest BCUT2D eigenvalue weighted by Crippen LogP contribution is -2.12. The van der Waals surface area contributed by atoms with Crippen LogP contribution >= 0.6 is 23.2 Å². The topological polar surface area (TPSA) is 96.2 Å². The van der Waals surface area contributed by atoms with Gasteiger partial charge in [-0.25, -0.2) is 9.48 Å². The van der Waals surface area contributed by atoms with E-state index < -0.39 is 5.97 Å². The van der Waals surface area contributed by atoms with Gasteiger partial charge in [-0.05, 0) is 29.0 Å². The lowest BCUT2D eigenvalue weighted by molar-refractivity contribution is -0.115. The van der Waals surface area contributed by atoms with E-state index in [0.29, 0.717) is 31.6 Å². The summed E-state index contributed by atoms with van der Waals surface area (Å²) in [4.78, 5) is 23.8. The first kappa shape index (κ1) is 18.3. The van der Waals surface area contributed by atoms with Crippen LogP contribution in [0.3, 0.4) is 0 Å². The Labute approximate surface area is 158 Å². The Morgan fingerprint density at radius 3 is 2.85 bits per heavy atom. The molecule has 0 unspecified atom stereocenters. The summed E-state index contributed by atoms with van der Waals surface area (Å²) >= 11 is 12.4. The van der Waals surface area contributed by atoms with Gasteiger partial charge in [0.2, 0.25) is 0 Å². The Morgan fingerprint density at radius 1 is 1.27 bits per heavy atom. The molecule has 1 aliphatic rings. The van der Waals surface area contributed by atoms with Gasteiger partial charge >= 0.3 is 5.97 Å². The predicted molar refractivity (Wildman–Crippen MR) is 92.1 cm³/mol. The standard InChI is InChI=1S/C16H14Cl2N4O4/c17-13-5-4-12(16(24)26-11-3-1-2-10(23)8-11)14(18)15(13)25-7-6-22-9-19-20-21-22/h4-5,8-9H,1-3,6-7H2. The zero-order valence-electron chi connectivity index (χ0n) is 13.5. The van der Waals surface area contributed by atoms with E-state index in [9.17, 15) is 9.59 Å². The van der Waals surface area contributed by atoms with Gasteiger partial charge in [0.15, 0.2) is 11.5 Å². The summed E-state index contributed by atoms with van der Waals surface area (Å²) in [5.74, 6) is -0.228. The van der Waals surface area contributed by atoms with Crippen LogP contribution in [0, 0.1) is 0 Å². The second-order valence-corrected chi connectivity index (χ2v) is 6.26. The van der Waals surface area contributed by atoms with Crippen LogP contribution in [0.5, 0.6) is 5.75 Å². The third-order valence-electron chi connectivity index (χ3n) is 3.62. The van der Waals surface area contributed by atoms with Gasteiger partial charge in [0.05, 0.1) is 22.2 Å². The number of ether oxygens (including phenoxy) is 2. The van der Waals surface area contributed by atoms with Crippen molar-refractivity contribution >= 4 is 35.0 Å². The zero-order chi connectivity index (χ0) is 18.5. The van der Waals surface area contributed by atoms with E-state index in [-0.39, 0.29) is 33.7 Å². The molecule has 0 saturated heterocycles. The fraction of sp³-hybridized carbons (Fsp3) is 0.312. The molecule has 0 spiro atoms. The molecule has 10 heteroatoms. The van der Waals surface area contributed by atoms with Crippen molar-refractivity contribution in [3.8, 4) is 5.75 Å². The number of benzene rings is 1. The molecule has 3 rings (SSSR count). The highest BCUT2D eigenvalue weighted by atomic mass is 35.5. The van der Waals surface area contributed by atoms with Gasteiger partial charge in [0, 0.05) is 18.9 Å². The SMILES string of the molecule is O=C1C=C(OC(=O)c2ccc(Cl)c(OCCn3cnnn3)c2Cl)CCC1. The predicted octanol–water partition coefficient (Wildman–Crippen LogP) is 2.85. The van der Waals surface area contributed by atoms with Crippen molar-refractivity contribution in [2.24, 2.45) is 0 Å². The first-order valence-corrected chi connectivity index (χ1v) is 8.57. The highest BCUT2D eigenvalue weighted by Crippen LogP contribution is 2.36. The minimum absolute atomic E-state index is 0.0435. The first-order valence-electron chi connectivity index (χ1n) is 7.82. The fourth-order valence-corrected chi connectivity index (χ4v) is 2.92. The molecule has 0 atom stereocenters. The number of allylic oxidation sites excluding steroid dienone is 2. The summed E-state index contributed by atoms with van der Waals surface area (Å²) in [6.07, 6.45) is 4.42. The van der Waals surface area contributed by atoms with E-state index in [1.165, 1.54) is 29.2 Å². The number of ketones is 1. The number of hydrogen-bond donors (Lipinski definition) is 0. The van der Waals surface area contributed by atoms with Crippen molar-refractivity contribution in [2.75, 3.05) is 6.61 Å². The maximum atomic E-state index is 12.4. The van der Waals surface area contributed by atoms with Crippen molar-refractivity contribution in [1.29, 1.82) is 0 Å². The Morgan fingerprint density at radius 2 is 2.12 bits per heavy atom. The number of nitrogens with zero attached hydrogens (tertiary/aromatic N) is 4. The molecule has 136 valence electrons. The molecule has 0 amide bonds. The van der Waals surface area contributed by atoms with E-state index in [0.717, 1.165) is 0 Å². The lowest BCUT2D eigenvalue weighted by Gasteiger charge is -2.15. The highest BCUT2D eigenvalue weighted by Gasteiger charge is 2.21. The number of halogens is 2. The van der Waals surface area contributed by atoms with Crippen LogP contribution in [0.2, 0.25) is 10.0 Å². The van der Waals surface area contributed by atoms with Gasteiger partial charge in [-0.2, -0.15) is 0 Å².